The molecule has 0 aromatic rings. The fourth-order valence-corrected chi connectivity index (χ4v) is 3.18. The maximum Gasteiger partial charge on any atom is 0.326 e. The number of aliphatic carboxylic acids is 2. The van der Waals surface area contributed by atoms with Gasteiger partial charge in [0.2, 0.25) is 23.6 Å². The molecule has 4 amide bonds. The van der Waals surface area contributed by atoms with Gasteiger partial charge >= 0.3 is 11.9 Å². The van der Waals surface area contributed by atoms with E-state index < -0.39 is 72.6 Å². The number of hydrogen-bond donors (Lipinski definition) is 9. The molecule has 0 aromatic carbocycles. The fraction of sp³-hybridized carbons (Fsp3) is 0.682. The van der Waals surface area contributed by atoms with Gasteiger partial charge in [0, 0.05) is 19.4 Å². The van der Waals surface area contributed by atoms with Crippen LogP contribution in [0.3, 0.4) is 0 Å². The van der Waals surface area contributed by atoms with Crippen LogP contribution in [-0.2, 0) is 28.8 Å². The molecule has 0 saturated heterocycles. The topological polar surface area (TPSA) is 295 Å². The minimum Gasteiger partial charge on any atom is -0.481 e. The van der Waals surface area contributed by atoms with E-state index in [2.05, 4.69) is 20.9 Å². The average Bonchev–Trinajstić information content (AvgIpc) is 2.83. The van der Waals surface area contributed by atoms with Gasteiger partial charge in [-0.3, -0.25) is 29.0 Å². The van der Waals surface area contributed by atoms with Crippen LogP contribution >= 0.6 is 0 Å². The van der Waals surface area contributed by atoms with E-state index in [0.29, 0.717) is 6.42 Å². The molecule has 0 radical (unpaired) electrons. The number of primary amides is 1. The van der Waals surface area contributed by atoms with Crippen molar-refractivity contribution in [2.75, 3.05) is 6.54 Å². The van der Waals surface area contributed by atoms with Gasteiger partial charge in [-0.15, -0.1) is 0 Å². The molecule has 0 saturated carbocycles. The number of nitrogens with two attached hydrogens (primary N) is 4. The largest absolute Gasteiger partial charge is 0.481 e. The molecule has 0 aliphatic rings. The van der Waals surface area contributed by atoms with Crippen molar-refractivity contribution >= 4 is 41.5 Å². The minimum absolute atomic E-state index is 0.0576. The van der Waals surface area contributed by atoms with Gasteiger partial charge in [0.15, 0.2) is 5.96 Å². The number of carboxylic acid groups (broad SMARTS) is 2. The smallest absolute Gasteiger partial charge is 0.326 e. The third-order valence-corrected chi connectivity index (χ3v) is 5.71. The number of nitrogens with one attached hydrogen (secondary N) is 3. The molecular formula is C22H40N8O8. The highest BCUT2D eigenvalue weighted by Crippen LogP contribution is 2.08. The van der Waals surface area contributed by atoms with E-state index in [4.69, 9.17) is 28.0 Å². The van der Waals surface area contributed by atoms with Crippen LogP contribution in [-0.4, -0.2) is 82.5 Å². The van der Waals surface area contributed by atoms with Crippen molar-refractivity contribution in [1.82, 2.24) is 16.0 Å². The number of carbonyl (C=O) groups excluding carboxylic acids is 4. The molecule has 0 aliphatic carbocycles. The quantitative estimate of drug-likeness (QED) is 0.0450. The van der Waals surface area contributed by atoms with Crippen LogP contribution in [0.5, 0.6) is 0 Å². The van der Waals surface area contributed by atoms with Gasteiger partial charge in [-0.1, -0.05) is 20.3 Å². The molecule has 16 nitrogen and oxygen atoms in total. The van der Waals surface area contributed by atoms with E-state index in [1.54, 1.807) is 6.92 Å². The maximum atomic E-state index is 13.1. The second kappa shape index (κ2) is 17.5. The molecule has 0 aliphatic heterocycles. The SMILES string of the molecule is CCC(C)C(N)C(=O)NC(CCCN=C(N)N)C(=O)NC(CCC(N)=O)C(=O)NC(CCC(=O)O)C(=O)O. The Morgan fingerprint density at radius 2 is 1.29 bits per heavy atom. The highest BCUT2D eigenvalue weighted by molar-refractivity contribution is 5.94. The number of carbonyl (C=O) groups is 6. The predicted molar refractivity (Wildman–Crippen MR) is 136 cm³/mol. The number of aliphatic imine (C=N–C) groups is 1. The molecule has 0 spiro atoms. The van der Waals surface area contributed by atoms with Crippen molar-refractivity contribution in [3.05, 3.63) is 0 Å². The van der Waals surface area contributed by atoms with Gasteiger partial charge < -0.3 is 49.1 Å². The molecular weight excluding hydrogens is 504 g/mol. The standard InChI is InChI=1S/C22H40N8O8/c1-3-11(2)17(24)20(36)29-12(5-4-10-27-22(25)26)18(34)28-13(6-8-15(23)31)19(35)30-14(21(37)38)7-9-16(32)33/h11-14,17H,3-10,24H2,1-2H3,(H2,23,31)(H,28,34)(H,29,36)(H,30,35)(H,32,33)(H,37,38)(H4,25,26,27). The van der Waals surface area contributed by atoms with Crippen molar-refractivity contribution in [3.8, 4) is 0 Å². The van der Waals surface area contributed by atoms with Crippen LogP contribution in [0.1, 0.15) is 58.8 Å². The van der Waals surface area contributed by atoms with Crippen molar-refractivity contribution in [2.45, 2.75) is 83.0 Å². The summed E-state index contributed by atoms with van der Waals surface area (Å²) in [6.45, 7) is 3.76. The number of nitrogens with zero attached hydrogens (tertiary/aromatic N) is 1. The first-order chi connectivity index (χ1) is 17.7. The lowest BCUT2D eigenvalue weighted by Gasteiger charge is -2.26. The van der Waals surface area contributed by atoms with Crippen LogP contribution < -0.4 is 38.9 Å². The predicted octanol–water partition coefficient (Wildman–Crippen LogP) is -2.92. The summed E-state index contributed by atoms with van der Waals surface area (Å²) in [5, 5.41) is 25.3. The van der Waals surface area contributed by atoms with Crippen molar-refractivity contribution in [3.63, 3.8) is 0 Å². The molecule has 5 atom stereocenters. The van der Waals surface area contributed by atoms with Crippen molar-refractivity contribution in [2.24, 2.45) is 33.8 Å². The van der Waals surface area contributed by atoms with Gasteiger partial charge in [-0.05, 0) is 31.6 Å². The van der Waals surface area contributed by atoms with Gasteiger partial charge in [0.05, 0.1) is 6.04 Å². The number of hydrogen-bond acceptors (Lipinski definition) is 8. The molecule has 13 N–H and O–H groups in total. The average molecular weight is 545 g/mol. The second-order valence-corrected chi connectivity index (χ2v) is 8.82. The van der Waals surface area contributed by atoms with Crippen LogP contribution in [0.25, 0.3) is 0 Å². The molecule has 0 aromatic heterocycles. The zero-order valence-electron chi connectivity index (χ0n) is 21.6. The normalized spacial score (nSPS) is 14.6. The molecule has 0 rings (SSSR count). The Labute approximate surface area is 220 Å². The van der Waals surface area contributed by atoms with Gasteiger partial charge in [0.1, 0.15) is 18.1 Å². The number of carboxylic acids is 2. The molecule has 16 heteroatoms. The summed E-state index contributed by atoms with van der Waals surface area (Å²) in [7, 11) is 0. The molecule has 0 heterocycles. The van der Waals surface area contributed by atoms with Crippen molar-refractivity contribution in [1.29, 1.82) is 0 Å². The Kier molecular flexibility index (Phi) is 15.7. The lowest BCUT2D eigenvalue weighted by Crippen LogP contribution is -2.57. The lowest BCUT2D eigenvalue weighted by atomic mass is 9.98. The first-order valence-electron chi connectivity index (χ1n) is 12.1. The summed E-state index contributed by atoms with van der Waals surface area (Å²) in [5.41, 5.74) is 21.7. The molecule has 0 bridgehead atoms. The molecule has 38 heavy (non-hydrogen) atoms. The Bertz CT molecular complexity index is 877. The Morgan fingerprint density at radius 3 is 1.76 bits per heavy atom. The molecule has 216 valence electrons. The van der Waals surface area contributed by atoms with Crippen LogP contribution in [0.15, 0.2) is 4.99 Å². The summed E-state index contributed by atoms with van der Waals surface area (Å²) in [6.07, 6.45) is -0.617. The van der Waals surface area contributed by atoms with Crippen LogP contribution in [0.4, 0.5) is 0 Å². The highest BCUT2D eigenvalue weighted by Gasteiger charge is 2.31. The number of rotatable bonds is 19. The Morgan fingerprint density at radius 1 is 0.789 bits per heavy atom. The monoisotopic (exact) mass is 544 g/mol. The summed E-state index contributed by atoms with van der Waals surface area (Å²) < 4.78 is 0. The third kappa shape index (κ3) is 14.0. The fourth-order valence-electron chi connectivity index (χ4n) is 3.18. The highest BCUT2D eigenvalue weighted by atomic mass is 16.4. The van der Waals surface area contributed by atoms with E-state index in [1.165, 1.54) is 0 Å². The zero-order chi connectivity index (χ0) is 29.4. The van der Waals surface area contributed by atoms with E-state index >= 15 is 0 Å². The molecule has 0 fully saturated rings. The van der Waals surface area contributed by atoms with Crippen LogP contribution in [0.2, 0.25) is 0 Å². The first-order valence-corrected chi connectivity index (χ1v) is 12.1. The maximum absolute atomic E-state index is 13.1. The summed E-state index contributed by atoms with van der Waals surface area (Å²) in [6, 6.07) is -5.05. The summed E-state index contributed by atoms with van der Waals surface area (Å²) >= 11 is 0. The van der Waals surface area contributed by atoms with Gasteiger partial charge in [-0.2, -0.15) is 0 Å². The minimum atomic E-state index is -1.56. The van der Waals surface area contributed by atoms with Crippen molar-refractivity contribution < 1.29 is 39.0 Å². The van der Waals surface area contributed by atoms with Gasteiger partial charge in [-0.25, -0.2) is 4.79 Å². The summed E-state index contributed by atoms with van der Waals surface area (Å²) in [4.78, 5) is 76.0. The van der Waals surface area contributed by atoms with E-state index in [1.807, 2.05) is 6.92 Å². The van der Waals surface area contributed by atoms with Gasteiger partial charge in [0.25, 0.3) is 0 Å². The lowest BCUT2D eigenvalue weighted by molar-refractivity contribution is -0.143. The Hall–Kier alpha value is -3.95. The second-order valence-electron chi connectivity index (χ2n) is 8.82. The summed E-state index contributed by atoms with van der Waals surface area (Å²) in [5.74, 6) is -6.25. The first kappa shape index (κ1) is 34.0. The number of guanidine groups is 1. The van der Waals surface area contributed by atoms with E-state index in [-0.39, 0.29) is 44.1 Å². The molecule has 5 unspecified atom stereocenters. The van der Waals surface area contributed by atoms with E-state index in [0.717, 1.165) is 0 Å². The van der Waals surface area contributed by atoms with Crippen LogP contribution in [0, 0.1) is 5.92 Å². The number of amides is 4. The van der Waals surface area contributed by atoms with E-state index in [9.17, 15) is 33.9 Å². The zero-order valence-corrected chi connectivity index (χ0v) is 21.6. The Balaban J connectivity index is 5.74. The third-order valence-electron chi connectivity index (χ3n) is 5.71.